The summed E-state index contributed by atoms with van der Waals surface area (Å²) in [7, 11) is 0.408. The summed E-state index contributed by atoms with van der Waals surface area (Å²) in [5, 5.41) is 3.30. The first-order chi connectivity index (χ1) is 9.36. The van der Waals surface area contributed by atoms with Crippen LogP contribution in [0.15, 0.2) is 29.2 Å². The number of rotatable bonds is 8. The molecule has 0 aliphatic rings. The van der Waals surface area contributed by atoms with Gasteiger partial charge < -0.3 is 10.2 Å². The molecule has 114 valence electrons. The molecule has 0 aromatic heterocycles. The topological polar surface area (TPSA) is 61.4 Å². The molecule has 0 saturated heterocycles. The molecule has 1 atom stereocenters. The lowest BCUT2D eigenvalue weighted by Gasteiger charge is -2.14. The van der Waals surface area contributed by atoms with Crippen LogP contribution in [0.2, 0.25) is 0 Å². The minimum atomic E-state index is -3.41. The Bertz CT molecular complexity index is 498. The van der Waals surface area contributed by atoms with E-state index in [2.05, 4.69) is 17.0 Å². The summed E-state index contributed by atoms with van der Waals surface area (Å²) >= 11 is 0. The van der Waals surface area contributed by atoms with E-state index in [9.17, 15) is 8.42 Å². The smallest absolute Gasteiger partial charge is 0.240 e. The highest BCUT2D eigenvalue weighted by Gasteiger charge is 2.14. The maximum Gasteiger partial charge on any atom is 0.240 e. The molecule has 0 radical (unpaired) electrons. The summed E-state index contributed by atoms with van der Waals surface area (Å²) < 4.78 is 26.7. The molecule has 0 bridgehead atoms. The number of nitrogens with one attached hydrogen (secondary N) is 2. The van der Waals surface area contributed by atoms with Crippen molar-refractivity contribution in [3.05, 3.63) is 29.8 Å². The molecular weight excluding hydrogens is 274 g/mol. The van der Waals surface area contributed by atoms with Crippen molar-refractivity contribution in [2.45, 2.75) is 24.8 Å². The predicted molar refractivity (Wildman–Crippen MR) is 82.3 cm³/mol. The second-order valence-electron chi connectivity index (χ2n) is 5.05. The van der Waals surface area contributed by atoms with Crippen LogP contribution in [0.4, 0.5) is 0 Å². The summed E-state index contributed by atoms with van der Waals surface area (Å²) in [6.45, 7) is 6.07. The molecule has 5 nitrogen and oxygen atoms in total. The van der Waals surface area contributed by atoms with Crippen molar-refractivity contribution in [3.8, 4) is 0 Å². The van der Waals surface area contributed by atoms with Gasteiger partial charge in [-0.2, -0.15) is 0 Å². The van der Waals surface area contributed by atoms with Gasteiger partial charge in [0, 0.05) is 19.1 Å². The van der Waals surface area contributed by atoms with Crippen LogP contribution in [-0.2, 0) is 10.0 Å². The van der Waals surface area contributed by atoms with Gasteiger partial charge in [-0.3, -0.25) is 0 Å². The third-order valence-electron chi connectivity index (χ3n) is 3.05. The molecule has 20 heavy (non-hydrogen) atoms. The molecule has 0 saturated carbocycles. The van der Waals surface area contributed by atoms with Crippen LogP contribution in [-0.4, -0.2) is 47.0 Å². The zero-order valence-corrected chi connectivity index (χ0v) is 13.5. The zero-order chi connectivity index (χ0) is 15.2. The molecule has 0 aliphatic carbocycles. The Morgan fingerprint density at radius 2 is 1.80 bits per heavy atom. The molecule has 0 amide bonds. The van der Waals surface area contributed by atoms with Crippen molar-refractivity contribution < 1.29 is 8.42 Å². The second kappa shape index (κ2) is 7.73. The van der Waals surface area contributed by atoms with E-state index in [0.29, 0.717) is 18.0 Å². The van der Waals surface area contributed by atoms with E-state index in [1.165, 1.54) is 0 Å². The number of hydrogen-bond acceptors (Lipinski definition) is 4. The third kappa shape index (κ3) is 5.20. The van der Waals surface area contributed by atoms with Gasteiger partial charge in [-0.05, 0) is 45.3 Å². The van der Waals surface area contributed by atoms with E-state index in [4.69, 9.17) is 0 Å². The van der Waals surface area contributed by atoms with Gasteiger partial charge in [0.25, 0.3) is 0 Å². The summed E-state index contributed by atoms with van der Waals surface area (Å²) in [5.41, 5.74) is 1.08. The van der Waals surface area contributed by atoms with Gasteiger partial charge >= 0.3 is 0 Å². The average molecular weight is 299 g/mol. The molecule has 1 rings (SSSR count). The number of sulfonamides is 1. The SMILES string of the molecule is CCNC(C)c1ccc(S(=O)(=O)NCCN(C)C)cc1. The first kappa shape index (κ1) is 17.1. The molecule has 1 unspecified atom stereocenters. The average Bonchev–Trinajstić information content (AvgIpc) is 2.38. The standard InChI is InChI=1S/C14H25N3O2S/c1-5-15-12(2)13-6-8-14(9-7-13)20(18,19)16-10-11-17(3)4/h6-9,12,15-16H,5,10-11H2,1-4H3. The van der Waals surface area contributed by atoms with Gasteiger partial charge in [0.05, 0.1) is 4.90 Å². The van der Waals surface area contributed by atoms with Crippen molar-refractivity contribution in [1.29, 1.82) is 0 Å². The van der Waals surface area contributed by atoms with Crippen molar-refractivity contribution in [3.63, 3.8) is 0 Å². The molecule has 6 heteroatoms. The minimum Gasteiger partial charge on any atom is -0.310 e. The van der Waals surface area contributed by atoms with Gasteiger partial charge in [-0.25, -0.2) is 13.1 Å². The van der Waals surface area contributed by atoms with Gasteiger partial charge in [0.2, 0.25) is 10.0 Å². The Kier molecular flexibility index (Phi) is 6.61. The Labute approximate surface area is 122 Å². The highest BCUT2D eigenvalue weighted by Crippen LogP contribution is 2.15. The number of benzene rings is 1. The molecule has 0 aliphatic heterocycles. The van der Waals surface area contributed by atoms with Gasteiger partial charge in [-0.15, -0.1) is 0 Å². The van der Waals surface area contributed by atoms with Crippen LogP contribution in [0.25, 0.3) is 0 Å². The zero-order valence-electron chi connectivity index (χ0n) is 12.7. The lowest BCUT2D eigenvalue weighted by molar-refractivity contribution is 0.412. The van der Waals surface area contributed by atoms with Crippen molar-refractivity contribution in [1.82, 2.24) is 14.9 Å². The summed E-state index contributed by atoms with van der Waals surface area (Å²) in [5.74, 6) is 0. The number of hydrogen-bond donors (Lipinski definition) is 2. The number of likely N-dealkylation sites (N-methyl/N-ethyl adjacent to an activating group) is 1. The monoisotopic (exact) mass is 299 g/mol. The summed E-state index contributed by atoms with van der Waals surface area (Å²) in [6.07, 6.45) is 0. The number of nitrogens with zero attached hydrogens (tertiary/aromatic N) is 1. The Hall–Kier alpha value is -0.950. The fraction of sp³-hybridized carbons (Fsp3) is 0.571. The maximum absolute atomic E-state index is 12.1. The van der Waals surface area contributed by atoms with E-state index < -0.39 is 10.0 Å². The van der Waals surface area contributed by atoms with E-state index >= 15 is 0 Å². The van der Waals surface area contributed by atoms with E-state index in [0.717, 1.165) is 12.1 Å². The Morgan fingerprint density at radius 1 is 1.20 bits per heavy atom. The minimum absolute atomic E-state index is 0.221. The highest BCUT2D eigenvalue weighted by atomic mass is 32.2. The Balaban J connectivity index is 2.71. The molecule has 0 spiro atoms. The summed E-state index contributed by atoms with van der Waals surface area (Å²) in [6, 6.07) is 7.24. The first-order valence-corrected chi connectivity index (χ1v) is 8.33. The summed E-state index contributed by atoms with van der Waals surface area (Å²) in [4.78, 5) is 2.24. The molecular formula is C14H25N3O2S. The van der Waals surface area contributed by atoms with Crippen LogP contribution in [0.5, 0.6) is 0 Å². The highest BCUT2D eigenvalue weighted by molar-refractivity contribution is 7.89. The maximum atomic E-state index is 12.1. The van der Waals surface area contributed by atoms with Gasteiger partial charge in [0.1, 0.15) is 0 Å². The second-order valence-corrected chi connectivity index (χ2v) is 6.82. The Morgan fingerprint density at radius 3 is 2.30 bits per heavy atom. The predicted octanol–water partition coefficient (Wildman–Crippen LogP) is 1.20. The lowest BCUT2D eigenvalue weighted by Crippen LogP contribution is -2.31. The van der Waals surface area contributed by atoms with Gasteiger partial charge in [0.15, 0.2) is 0 Å². The van der Waals surface area contributed by atoms with Crippen molar-refractivity contribution >= 4 is 10.0 Å². The van der Waals surface area contributed by atoms with Crippen LogP contribution >= 0.6 is 0 Å². The molecule has 0 heterocycles. The fourth-order valence-electron chi connectivity index (χ4n) is 1.85. The van der Waals surface area contributed by atoms with Crippen molar-refractivity contribution in [2.24, 2.45) is 0 Å². The lowest BCUT2D eigenvalue weighted by atomic mass is 10.1. The van der Waals surface area contributed by atoms with E-state index in [1.807, 2.05) is 38.1 Å². The molecule has 0 fully saturated rings. The van der Waals surface area contributed by atoms with E-state index in [1.54, 1.807) is 12.1 Å². The molecule has 2 N–H and O–H groups in total. The van der Waals surface area contributed by atoms with Crippen LogP contribution in [0.1, 0.15) is 25.5 Å². The fourth-order valence-corrected chi connectivity index (χ4v) is 2.87. The van der Waals surface area contributed by atoms with Crippen molar-refractivity contribution in [2.75, 3.05) is 33.7 Å². The quantitative estimate of drug-likeness (QED) is 0.757. The van der Waals surface area contributed by atoms with E-state index in [-0.39, 0.29) is 6.04 Å². The molecule has 1 aromatic carbocycles. The molecule has 1 aromatic rings. The van der Waals surface area contributed by atoms with Crippen LogP contribution in [0, 0.1) is 0 Å². The first-order valence-electron chi connectivity index (χ1n) is 6.84. The largest absolute Gasteiger partial charge is 0.310 e. The van der Waals surface area contributed by atoms with Crippen LogP contribution in [0.3, 0.4) is 0 Å². The van der Waals surface area contributed by atoms with Crippen LogP contribution < -0.4 is 10.0 Å². The third-order valence-corrected chi connectivity index (χ3v) is 4.53. The van der Waals surface area contributed by atoms with Gasteiger partial charge in [-0.1, -0.05) is 19.1 Å². The normalized spacial score (nSPS) is 13.7.